The van der Waals surface area contributed by atoms with Crippen molar-refractivity contribution in [3.63, 3.8) is 0 Å². The second kappa shape index (κ2) is 7.38. The van der Waals surface area contributed by atoms with Gasteiger partial charge in [0.1, 0.15) is 18.4 Å². The third-order valence-electron chi connectivity index (χ3n) is 3.11. The highest BCUT2D eigenvalue weighted by atomic mass is 32.2. The molecule has 0 bridgehead atoms. The number of nitrogens with zero attached hydrogens (tertiary/aromatic N) is 4. The SMILES string of the molecule is COCCn1cnnc1SCc1coc(-c2ccc(F)cc2)n1. The molecule has 3 rings (SSSR count). The van der Waals surface area contributed by atoms with Crippen LogP contribution in [0.15, 0.2) is 46.4 Å². The van der Waals surface area contributed by atoms with Crippen molar-refractivity contribution in [1.29, 1.82) is 0 Å². The Kier molecular flexibility index (Phi) is 5.04. The van der Waals surface area contributed by atoms with Gasteiger partial charge in [-0.1, -0.05) is 11.8 Å². The fourth-order valence-electron chi connectivity index (χ4n) is 1.94. The highest BCUT2D eigenvalue weighted by Gasteiger charge is 2.10. The van der Waals surface area contributed by atoms with Gasteiger partial charge in [-0.05, 0) is 24.3 Å². The van der Waals surface area contributed by atoms with Crippen molar-refractivity contribution in [2.45, 2.75) is 17.5 Å². The molecule has 8 heteroatoms. The topological polar surface area (TPSA) is 66.0 Å². The average Bonchev–Trinajstić information content (AvgIpc) is 3.21. The molecule has 1 aromatic carbocycles. The number of methoxy groups -OCH3 is 1. The van der Waals surface area contributed by atoms with E-state index in [-0.39, 0.29) is 5.82 Å². The Labute approximate surface area is 136 Å². The van der Waals surface area contributed by atoms with Crippen LogP contribution in [0, 0.1) is 5.82 Å². The molecule has 0 N–H and O–H groups in total. The lowest BCUT2D eigenvalue weighted by Crippen LogP contribution is -2.04. The predicted octanol–water partition coefficient (Wildman–Crippen LogP) is 3.01. The van der Waals surface area contributed by atoms with E-state index in [1.165, 1.54) is 23.9 Å². The Morgan fingerprint density at radius 3 is 2.91 bits per heavy atom. The fraction of sp³-hybridized carbons (Fsp3) is 0.267. The van der Waals surface area contributed by atoms with E-state index in [2.05, 4.69) is 15.2 Å². The van der Waals surface area contributed by atoms with Crippen molar-refractivity contribution in [3.05, 3.63) is 48.4 Å². The maximum Gasteiger partial charge on any atom is 0.226 e. The largest absolute Gasteiger partial charge is 0.444 e. The zero-order chi connectivity index (χ0) is 16.1. The normalized spacial score (nSPS) is 11.0. The standard InChI is InChI=1S/C15H15FN4O2S/c1-21-7-6-20-10-17-19-15(20)23-9-13-8-22-14(18-13)11-2-4-12(16)5-3-11/h2-5,8,10H,6-7,9H2,1H3. The van der Waals surface area contributed by atoms with Crippen molar-refractivity contribution >= 4 is 11.8 Å². The van der Waals surface area contributed by atoms with E-state index in [0.717, 1.165) is 16.4 Å². The number of hydrogen-bond acceptors (Lipinski definition) is 6. The number of halogens is 1. The first-order valence-electron chi connectivity index (χ1n) is 6.96. The molecule has 2 heterocycles. The molecule has 0 unspecified atom stereocenters. The zero-order valence-electron chi connectivity index (χ0n) is 12.5. The molecule has 0 amide bonds. The summed E-state index contributed by atoms with van der Waals surface area (Å²) in [6, 6.07) is 6.04. The van der Waals surface area contributed by atoms with Gasteiger partial charge in [-0.3, -0.25) is 0 Å². The Morgan fingerprint density at radius 2 is 2.13 bits per heavy atom. The number of oxazole rings is 1. The van der Waals surface area contributed by atoms with Gasteiger partial charge in [-0.15, -0.1) is 10.2 Å². The second-order valence-electron chi connectivity index (χ2n) is 4.74. The van der Waals surface area contributed by atoms with Crippen molar-refractivity contribution in [1.82, 2.24) is 19.7 Å². The van der Waals surface area contributed by atoms with Crippen molar-refractivity contribution in [2.75, 3.05) is 13.7 Å². The first kappa shape index (κ1) is 15.7. The molecule has 6 nitrogen and oxygen atoms in total. The fourth-order valence-corrected chi connectivity index (χ4v) is 2.75. The molecule has 0 saturated carbocycles. The smallest absolute Gasteiger partial charge is 0.226 e. The van der Waals surface area contributed by atoms with E-state index in [0.29, 0.717) is 24.8 Å². The molecule has 0 aliphatic heterocycles. The van der Waals surface area contributed by atoms with Crippen LogP contribution in [0.2, 0.25) is 0 Å². The van der Waals surface area contributed by atoms with Crippen molar-refractivity contribution in [2.24, 2.45) is 0 Å². The number of aromatic nitrogens is 4. The molecule has 0 saturated heterocycles. The number of thioether (sulfide) groups is 1. The van der Waals surface area contributed by atoms with E-state index in [4.69, 9.17) is 9.15 Å². The van der Waals surface area contributed by atoms with Crippen LogP contribution in [0.4, 0.5) is 4.39 Å². The lowest BCUT2D eigenvalue weighted by Gasteiger charge is -2.03. The van der Waals surface area contributed by atoms with E-state index in [9.17, 15) is 4.39 Å². The van der Waals surface area contributed by atoms with E-state index in [1.807, 2.05) is 4.57 Å². The molecule has 2 aromatic heterocycles. The monoisotopic (exact) mass is 334 g/mol. The van der Waals surface area contributed by atoms with Crippen LogP contribution in [0.3, 0.4) is 0 Å². The Hall–Kier alpha value is -2.19. The van der Waals surface area contributed by atoms with Crippen LogP contribution in [-0.4, -0.2) is 33.5 Å². The molecule has 120 valence electrons. The lowest BCUT2D eigenvalue weighted by molar-refractivity contribution is 0.184. The highest BCUT2D eigenvalue weighted by molar-refractivity contribution is 7.98. The van der Waals surface area contributed by atoms with E-state index < -0.39 is 0 Å². The van der Waals surface area contributed by atoms with Gasteiger partial charge in [0, 0.05) is 25.0 Å². The first-order chi connectivity index (χ1) is 11.3. The molecule has 3 aromatic rings. The highest BCUT2D eigenvalue weighted by Crippen LogP contribution is 2.24. The van der Waals surface area contributed by atoms with Gasteiger partial charge in [0.2, 0.25) is 5.89 Å². The summed E-state index contributed by atoms with van der Waals surface area (Å²) >= 11 is 1.52. The van der Waals surface area contributed by atoms with Crippen LogP contribution in [-0.2, 0) is 17.0 Å². The van der Waals surface area contributed by atoms with Gasteiger partial charge in [0.25, 0.3) is 0 Å². The lowest BCUT2D eigenvalue weighted by atomic mass is 10.2. The van der Waals surface area contributed by atoms with Gasteiger partial charge >= 0.3 is 0 Å². The Bertz CT molecular complexity index is 757. The third kappa shape index (κ3) is 3.96. The minimum atomic E-state index is -0.286. The van der Waals surface area contributed by atoms with Gasteiger partial charge in [0.15, 0.2) is 5.16 Å². The van der Waals surface area contributed by atoms with E-state index >= 15 is 0 Å². The van der Waals surface area contributed by atoms with Crippen LogP contribution >= 0.6 is 11.8 Å². The van der Waals surface area contributed by atoms with Crippen LogP contribution in [0.25, 0.3) is 11.5 Å². The zero-order valence-corrected chi connectivity index (χ0v) is 13.3. The quantitative estimate of drug-likeness (QED) is 0.619. The summed E-state index contributed by atoms with van der Waals surface area (Å²) in [4.78, 5) is 4.41. The number of hydrogen-bond donors (Lipinski definition) is 0. The molecular formula is C15H15FN4O2S. The number of benzene rings is 1. The van der Waals surface area contributed by atoms with E-state index in [1.54, 1.807) is 31.8 Å². The molecule has 0 radical (unpaired) electrons. The van der Waals surface area contributed by atoms with Crippen LogP contribution < -0.4 is 0 Å². The summed E-state index contributed by atoms with van der Waals surface area (Å²) in [7, 11) is 1.66. The average molecular weight is 334 g/mol. The molecule has 23 heavy (non-hydrogen) atoms. The molecule has 0 atom stereocenters. The molecular weight excluding hydrogens is 319 g/mol. The second-order valence-corrected chi connectivity index (χ2v) is 5.68. The summed E-state index contributed by atoms with van der Waals surface area (Å²) in [5.41, 5.74) is 1.53. The van der Waals surface area contributed by atoms with Crippen LogP contribution in [0.1, 0.15) is 5.69 Å². The molecule has 0 fully saturated rings. The maximum absolute atomic E-state index is 12.9. The minimum Gasteiger partial charge on any atom is -0.444 e. The summed E-state index contributed by atoms with van der Waals surface area (Å²) in [5, 5.41) is 8.78. The Balaban J connectivity index is 1.63. The number of ether oxygens (including phenoxy) is 1. The summed E-state index contributed by atoms with van der Waals surface area (Å²) in [5.74, 6) is 0.795. The van der Waals surface area contributed by atoms with Gasteiger partial charge < -0.3 is 13.7 Å². The summed E-state index contributed by atoms with van der Waals surface area (Å²) in [6.07, 6.45) is 3.27. The van der Waals surface area contributed by atoms with Gasteiger partial charge in [-0.25, -0.2) is 9.37 Å². The summed E-state index contributed by atoms with van der Waals surface area (Å²) in [6.45, 7) is 1.30. The summed E-state index contributed by atoms with van der Waals surface area (Å²) < 4.78 is 25.4. The molecule has 0 aliphatic rings. The van der Waals surface area contributed by atoms with Crippen molar-refractivity contribution in [3.8, 4) is 11.5 Å². The van der Waals surface area contributed by atoms with Crippen LogP contribution in [0.5, 0.6) is 0 Å². The van der Waals surface area contributed by atoms with Gasteiger partial charge in [-0.2, -0.15) is 0 Å². The molecule has 0 aliphatic carbocycles. The molecule has 0 spiro atoms. The number of rotatable bonds is 7. The predicted molar refractivity (Wildman–Crippen MR) is 83.4 cm³/mol. The van der Waals surface area contributed by atoms with Gasteiger partial charge in [0.05, 0.1) is 12.3 Å². The minimum absolute atomic E-state index is 0.286. The van der Waals surface area contributed by atoms with Crippen molar-refractivity contribution < 1.29 is 13.5 Å². The first-order valence-corrected chi connectivity index (χ1v) is 7.94. The Morgan fingerprint density at radius 1 is 1.30 bits per heavy atom. The maximum atomic E-state index is 12.9. The third-order valence-corrected chi connectivity index (χ3v) is 4.12.